The maximum atomic E-state index is 5.73. The number of hydrogen-bond donors (Lipinski definition) is 0. The van der Waals surface area contributed by atoms with Crippen LogP contribution < -0.4 is 0 Å². The number of ether oxygens (including phenoxy) is 1. The summed E-state index contributed by atoms with van der Waals surface area (Å²) in [6, 6.07) is 10.0. The molecule has 0 amide bonds. The predicted octanol–water partition coefficient (Wildman–Crippen LogP) is 3.95. The van der Waals surface area contributed by atoms with Crippen LogP contribution in [0, 0.1) is 0 Å². The van der Waals surface area contributed by atoms with Gasteiger partial charge in [0, 0.05) is 12.0 Å². The Morgan fingerprint density at radius 2 is 2.00 bits per heavy atom. The number of benzene rings is 1. The molecule has 2 aliphatic rings. The first-order valence-electron chi connectivity index (χ1n) is 8.35. The molecular weight excluding hydrogens is 276 g/mol. The van der Waals surface area contributed by atoms with Crippen LogP contribution in [0.25, 0.3) is 0 Å². The van der Waals surface area contributed by atoms with E-state index in [0.29, 0.717) is 6.61 Å². The van der Waals surface area contributed by atoms with E-state index >= 15 is 0 Å². The van der Waals surface area contributed by atoms with Gasteiger partial charge >= 0.3 is 0 Å². The fourth-order valence-corrected chi connectivity index (χ4v) is 2.88. The van der Waals surface area contributed by atoms with E-state index in [1.807, 2.05) is 30.3 Å². The Kier molecular flexibility index (Phi) is 5.09. The molecular formula is C18H24N2O2. The Morgan fingerprint density at radius 3 is 2.82 bits per heavy atom. The average molecular weight is 300 g/mol. The minimum absolute atomic E-state index is 0.0239. The van der Waals surface area contributed by atoms with Gasteiger partial charge in [-0.3, -0.25) is 0 Å². The van der Waals surface area contributed by atoms with Crippen LogP contribution in [-0.2, 0) is 9.57 Å². The maximum absolute atomic E-state index is 5.73. The lowest BCUT2D eigenvalue weighted by Crippen LogP contribution is -2.20. The van der Waals surface area contributed by atoms with E-state index in [9.17, 15) is 0 Å². The van der Waals surface area contributed by atoms with Gasteiger partial charge in [0.25, 0.3) is 0 Å². The van der Waals surface area contributed by atoms with E-state index in [2.05, 4.69) is 17.1 Å². The van der Waals surface area contributed by atoms with Gasteiger partial charge in [-0.1, -0.05) is 49.5 Å². The van der Waals surface area contributed by atoms with Gasteiger partial charge in [0.1, 0.15) is 18.8 Å². The van der Waals surface area contributed by atoms with Crippen molar-refractivity contribution < 1.29 is 9.57 Å². The molecule has 0 radical (unpaired) electrons. The molecule has 0 spiro atoms. The molecule has 0 bridgehead atoms. The second kappa shape index (κ2) is 7.43. The maximum Gasteiger partial charge on any atom is 0.216 e. The first kappa shape index (κ1) is 15.1. The first-order valence-corrected chi connectivity index (χ1v) is 8.35. The van der Waals surface area contributed by atoms with Crippen LogP contribution in [0.5, 0.6) is 0 Å². The molecule has 4 nitrogen and oxygen atoms in total. The van der Waals surface area contributed by atoms with Crippen molar-refractivity contribution >= 4 is 11.6 Å². The summed E-state index contributed by atoms with van der Waals surface area (Å²) < 4.78 is 5.73. The Balaban J connectivity index is 1.50. The summed E-state index contributed by atoms with van der Waals surface area (Å²) in [6.07, 6.45) is 7.31. The second-order valence-corrected chi connectivity index (χ2v) is 5.99. The molecule has 0 saturated heterocycles. The van der Waals surface area contributed by atoms with Gasteiger partial charge in [0.2, 0.25) is 5.90 Å². The van der Waals surface area contributed by atoms with Crippen LogP contribution in [0.3, 0.4) is 0 Å². The van der Waals surface area contributed by atoms with Gasteiger partial charge in [-0.25, -0.2) is 4.99 Å². The molecule has 4 heteroatoms. The largest absolute Gasteiger partial charge is 0.475 e. The van der Waals surface area contributed by atoms with Crippen LogP contribution in [0.4, 0.5) is 0 Å². The normalized spacial score (nSPS) is 23.7. The van der Waals surface area contributed by atoms with Crippen molar-refractivity contribution in [3.63, 3.8) is 0 Å². The molecule has 2 heterocycles. The van der Waals surface area contributed by atoms with Crippen LogP contribution in [-0.4, -0.2) is 30.4 Å². The number of aliphatic imine (C=N–C) groups is 1. The van der Waals surface area contributed by atoms with Crippen molar-refractivity contribution in [2.75, 3.05) is 6.61 Å². The summed E-state index contributed by atoms with van der Waals surface area (Å²) in [4.78, 5) is 10.2. The van der Waals surface area contributed by atoms with E-state index in [4.69, 9.17) is 9.57 Å². The molecule has 0 saturated carbocycles. The fraction of sp³-hybridized carbons (Fsp3) is 0.556. The minimum Gasteiger partial charge on any atom is -0.475 e. The monoisotopic (exact) mass is 300 g/mol. The van der Waals surface area contributed by atoms with Crippen molar-refractivity contribution in [2.45, 2.75) is 57.6 Å². The van der Waals surface area contributed by atoms with Crippen LogP contribution in [0.15, 0.2) is 40.5 Å². The molecule has 0 unspecified atom stereocenters. The topological polar surface area (TPSA) is 43.2 Å². The van der Waals surface area contributed by atoms with E-state index in [0.717, 1.165) is 30.0 Å². The van der Waals surface area contributed by atoms with Gasteiger partial charge in [-0.15, -0.1) is 0 Å². The zero-order valence-electron chi connectivity index (χ0n) is 13.2. The third-order valence-electron chi connectivity index (χ3n) is 4.19. The first-order chi connectivity index (χ1) is 10.9. The highest BCUT2D eigenvalue weighted by Gasteiger charge is 2.31. The minimum atomic E-state index is 0.0239. The summed E-state index contributed by atoms with van der Waals surface area (Å²) in [6.45, 7) is 2.81. The standard InChI is InChI=1S/C18H24N2O2/c1-2-3-4-8-11-15-12-16(20-22-15)17-13-21-18(19-17)14-9-6-5-7-10-14/h5-7,9-10,15,17H,2-4,8,11-13H2,1H3/t15-,17+/m1/s1. The lowest BCUT2D eigenvalue weighted by molar-refractivity contribution is 0.0770. The van der Waals surface area contributed by atoms with Crippen LogP contribution in [0.2, 0.25) is 0 Å². The number of oxime groups is 1. The number of unbranched alkanes of at least 4 members (excludes halogenated alkanes) is 3. The second-order valence-electron chi connectivity index (χ2n) is 5.99. The molecule has 0 N–H and O–H groups in total. The van der Waals surface area contributed by atoms with Crippen molar-refractivity contribution in [2.24, 2.45) is 10.1 Å². The molecule has 1 aromatic carbocycles. The van der Waals surface area contributed by atoms with Gasteiger partial charge in [-0.2, -0.15) is 0 Å². The Morgan fingerprint density at radius 1 is 1.14 bits per heavy atom. The molecule has 22 heavy (non-hydrogen) atoms. The molecule has 118 valence electrons. The zero-order valence-corrected chi connectivity index (χ0v) is 13.2. The van der Waals surface area contributed by atoms with E-state index in [-0.39, 0.29) is 12.1 Å². The summed E-state index contributed by atoms with van der Waals surface area (Å²) >= 11 is 0. The Hall–Kier alpha value is -1.84. The molecule has 2 atom stereocenters. The summed E-state index contributed by atoms with van der Waals surface area (Å²) in [5, 5.41) is 4.26. The smallest absolute Gasteiger partial charge is 0.216 e. The lowest BCUT2D eigenvalue weighted by atomic mass is 10.0. The average Bonchev–Trinajstić information content (AvgIpc) is 3.21. The van der Waals surface area contributed by atoms with Crippen molar-refractivity contribution in [3.8, 4) is 0 Å². The zero-order chi connectivity index (χ0) is 15.2. The number of nitrogens with zero attached hydrogens (tertiary/aromatic N) is 2. The highest BCUT2D eigenvalue weighted by Crippen LogP contribution is 2.23. The summed E-state index contributed by atoms with van der Waals surface area (Å²) in [5.74, 6) is 0.722. The molecule has 2 aliphatic heterocycles. The number of hydrogen-bond acceptors (Lipinski definition) is 4. The van der Waals surface area contributed by atoms with Crippen molar-refractivity contribution in [3.05, 3.63) is 35.9 Å². The Bertz CT molecular complexity index is 539. The molecule has 0 aliphatic carbocycles. The summed E-state index contributed by atoms with van der Waals surface area (Å²) in [7, 11) is 0. The fourth-order valence-electron chi connectivity index (χ4n) is 2.88. The van der Waals surface area contributed by atoms with Crippen molar-refractivity contribution in [1.29, 1.82) is 0 Å². The van der Waals surface area contributed by atoms with Crippen LogP contribution in [0.1, 0.15) is 51.0 Å². The van der Waals surface area contributed by atoms with Crippen molar-refractivity contribution in [1.82, 2.24) is 0 Å². The van der Waals surface area contributed by atoms with Gasteiger partial charge in [0.05, 0.1) is 5.71 Å². The van der Waals surface area contributed by atoms with E-state index in [1.54, 1.807) is 0 Å². The Labute approximate surface area is 132 Å². The van der Waals surface area contributed by atoms with E-state index < -0.39 is 0 Å². The lowest BCUT2D eigenvalue weighted by Gasteiger charge is -2.07. The highest BCUT2D eigenvalue weighted by molar-refractivity contribution is 6.00. The molecule has 0 aromatic heterocycles. The van der Waals surface area contributed by atoms with Gasteiger partial charge in [0.15, 0.2) is 0 Å². The quantitative estimate of drug-likeness (QED) is 0.716. The third kappa shape index (κ3) is 3.67. The summed E-state index contributed by atoms with van der Waals surface area (Å²) in [5.41, 5.74) is 2.06. The highest BCUT2D eigenvalue weighted by atomic mass is 16.6. The molecule has 3 rings (SSSR count). The van der Waals surface area contributed by atoms with Gasteiger partial charge < -0.3 is 9.57 Å². The predicted molar refractivity (Wildman–Crippen MR) is 88.4 cm³/mol. The molecule has 0 fully saturated rings. The van der Waals surface area contributed by atoms with E-state index in [1.165, 1.54) is 25.7 Å². The number of rotatable bonds is 7. The third-order valence-corrected chi connectivity index (χ3v) is 4.19. The van der Waals surface area contributed by atoms with Crippen LogP contribution >= 0.6 is 0 Å². The van der Waals surface area contributed by atoms with Gasteiger partial charge in [-0.05, 0) is 25.0 Å². The molecule has 1 aromatic rings. The SMILES string of the molecule is CCCCCC[C@@H]1CC([C@@H]2COC(c3ccccc3)=N2)=NO1.